The highest BCUT2D eigenvalue weighted by Crippen LogP contribution is 2.38. The highest BCUT2D eigenvalue weighted by Gasteiger charge is 2.42. The van der Waals surface area contributed by atoms with Crippen LogP contribution >= 0.6 is 0 Å². The zero-order valence-corrected chi connectivity index (χ0v) is 11.1. The van der Waals surface area contributed by atoms with Crippen LogP contribution in [0.25, 0.3) is 0 Å². The second-order valence-corrected chi connectivity index (χ2v) is 6.10. The average molecular weight is 263 g/mol. The topological polar surface area (TPSA) is 12.0 Å². The van der Waals surface area contributed by atoms with Crippen molar-refractivity contribution in [2.24, 2.45) is 11.8 Å². The molecule has 0 bridgehead atoms. The SMILES string of the molecule is CC(NC1CCCC(C(F)(F)F)C1)C1CCCC1. The molecule has 0 spiro atoms. The molecule has 0 aromatic heterocycles. The van der Waals surface area contributed by atoms with Gasteiger partial charge in [-0.1, -0.05) is 19.3 Å². The van der Waals surface area contributed by atoms with Gasteiger partial charge in [0.1, 0.15) is 0 Å². The molecule has 4 heteroatoms. The molecular weight excluding hydrogens is 239 g/mol. The zero-order chi connectivity index (χ0) is 13.2. The van der Waals surface area contributed by atoms with E-state index in [4.69, 9.17) is 0 Å². The Balaban J connectivity index is 1.81. The zero-order valence-electron chi connectivity index (χ0n) is 11.1. The number of nitrogens with one attached hydrogen (secondary N) is 1. The number of rotatable bonds is 3. The molecule has 2 fully saturated rings. The van der Waals surface area contributed by atoms with E-state index in [1.807, 2.05) is 0 Å². The van der Waals surface area contributed by atoms with E-state index >= 15 is 0 Å². The van der Waals surface area contributed by atoms with Gasteiger partial charge in [0.2, 0.25) is 0 Å². The van der Waals surface area contributed by atoms with Gasteiger partial charge in [-0.05, 0) is 44.9 Å². The molecule has 2 rings (SSSR count). The van der Waals surface area contributed by atoms with Gasteiger partial charge < -0.3 is 5.32 Å². The summed E-state index contributed by atoms with van der Waals surface area (Å²) in [6, 6.07) is 0.449. The van der Waals surface area contributed by atoms with Crippen LogP contribution in [-0.4, -0.2) is 18.3 Å². The fraction of sp³-hybridized carbons (Fsp3) is 1.00. The molecule has 1 N–H and O–H groups in total. The minimum Gasteiger partial charge on any atom is -0.311 e. The van der Waals surface area contributed by atoms with Gasteiger partial charge in [0.15, 0.2) is 0 Å². The summed E-state index contributed by atoms with van der Waals surface area (Å²) in [5, 5.41) is 3.46. The Morgan fingerprint density at radius 1 is 1.00 bits per heavy atom. The number of hydrogen-bond donors (Lipinski definition) is 1. The van der Waals surface area contributed by atoms with E-state index in [1.54, 1.807) is 0 Å². The molecule has 1 nitrogen and oxygen atoms in total. The standard InChI is InChI=1S/C14H24F3N/c1-10(11-5-2-3-6-11)18-13-8-4-7-12(9-13)14(15,16)17/h10-13,18H,2-9H2,1H3. The van der Waals surface area contributed by atoms with Gasteiger partial charge in [0, 0.05) is 12.1 Å². The number of halogens is 3. The van der Waals surface area contributed by atoms with Gasteiger partial charge in [0.25, 0.3) is 0 Å². The predicted octanol–water partition coefficient (Wildman–Crippen LogP) is 4.28. The summed E-state index contributed by atoms with van der Waals surface area (Å²) in [5.74, 6) is -0.407. The van der Waals surface area contributed by atoms with Crippen molar-refractivity contribution in [2.45, 2.75) is 76.6 Å². The van der Waals surface area contributed by atoms with Crippen LogP contribution < -0.4 is 5.32 Å². The number of alkyl halides is 3. The lowest BCUT2D eigenvalue weighted by Gasteiger charge is -2.34. The monoisotopic (exact) mass is 263 g/mol. The summed E-state index contributed by atoms with van der Waals surface area (Å²) in [7, 11) is 0. The summed E-state index contributed by atoms with van der Waals surface area (Å²) < 4.78 is 38.2. The Hall–Kier alpha value is -0.250. The lowest BCUT2D eigenvalue weighted by molar-refractivity contribution is -0.183. The number of hydrogen-bond acceptors (Lipinski definition) is 1. The molecule has 0 aliphatic heterocycles. The lowest BCUT2D eigenvalue weighted by Crippen LogP contribution is -2.44. The van der Waals surface area contributed by atoms with E-state index in [9.17, 15) is 13.2 Å². The van der Waals surface area contributed by atoms with Crippen LogP contribution in [0.5, 0.6) is 0 Å². The van der Waals surface area contributed by atoms with Gasteiger partial charge in [-0.15, -0.1) is 0 Å². The molecule has 0 radical (unpaired) electrons. The first-order valence-electron chi connectivity index (χ1n) is 7.29. The van der Waals surface area contributed by atoms with Gasteiger partial charge >= 0.3 is 6.18 Å². The highest BCUT2D eigenvalue weighted by molar-refractivity contribution is 4.86. The molecule has 18 heavy (non-hydrogen) atoms. The molecule has 0 aromatic rings. The lowest BCUT2D eigenvalue weighted by atomic mass is 9.84. The molecule has 0 amide bonds. The van der Waals surface area contributed by atoms with Gasteiger partial charge in [-0.2, -0.15) is 13.2 Å². The maximum Gasteiger partial charge on any atom is 0.391 e. The average Bonchev–Trinajstić information content (AvgIpc) is 2.81. The summed E-state index contributed by atoms with van der Waals surface area (Å²) in [6.07, 6.45) is 3.26. The van der Waals surface area contributed by atoms with Crippen LogP contribution in [0.4, 0.5) is 13.2 Å². The van der Waals surface area contributed by atoms with Crippen molar-refractivity contribution < 1.29 is 13.2 Å². The molecule has 0 saturated heterocycles. The summed E-state index contributed by atoms with van der Waals surface area (Å²) >= 11 is 0. The van der Waals surface area contributed by atoms with Crippen LogP contribution in [-0.2, 0) is 0 Å². The molecular formula is C14H24F3N. The highest BCUT2D eigenvalue weighted by atomic mass is 19.4. The Labute approximate surface area is 108 Å². The quantitative estimate of drug-likeness (QED) is 0.801. The van der Waals surface area contributed by atoms with E-state index in [2.05, 4.69) is 12.2 Å². The van der Waals surface area contributed by atoms with Gasteiger partial charge in [-0.3, -0.25) is 0 Å². The first kappa shape index (κ1) is 14.2. The largest absolute Gasteiger partial charge is 0.391 e. The summed E-state index contributed by atoms with van der Waals surface area (Å²) in [5.41, 5.74) is 0. The van der Waals surface area contributed by atoms with Crippen molar-refractivity contribution >= 4 is 0 Å². The van der Waals surface area contributed by atoms with Gasteiger partial charge in [-0.25, -0.2) is 0 Å². The molecule has 0 heterocycles. The molecule has 106 valence electrons. The van der Waals surface area contributed by atoms with E-state index in [1.165, 1.54) is 25.7 Å². The van der Waals surface area contributed by atoms with E-state index in [0.717, 1.165) is 6.42 Å². The third-order valence-electron chi connectivity index (χ3n) is 4.74. The normalized spacial score (nSPS) is 32.7. The van der Waals surface area contributed by atoms with E-state index in [-0.39, 0.29) is 12.5 Å². The molecule has 0 aromatic carbocycles. The van der Waals surface area contributed by atoms with Gasteiger partial charge in [0.05, 0.1) is 5.92 Å². The van der Waals surface area contributed by atoms with Crippen molar-refractivity contribution in [2.75, 3.05) is 0 Å². The Morgan fingerprint density at radius 2 is 1.67 bits per heavy atom. The Kier molecular flexibility index (Phi) is 4.57. The minimum atomic E-state index is -4.00. The maximum absolute atomic E-state index is 12.7. The summed E-state index contributed by atoms with van der Waals surface area (Å²) in [6.45, 7) is 2.15. The van der Waals surface area contributed by atoms with Crippen LogP contribution in [0.2, 0.25) is 0 Å². The van der Waals surface area contributed by atoms with Crippen LogP contribution in [0, 0.1) is 11.8 Å². The van der Waals surface area contributed by atoms with E-state index < -0.39 is 12.1 Å². The van der Waals surface area contributed by atoms with Crippen molar-refractivity contribution in [3.63, 3.8) is 0 Å². The Morgan fingerprint density at radius 3 is 2.28 bits per heavy atom. The first-order valence-corrected chi connectivity index (χ1v) is 7.29. The Bertz CT molecular complexity index is 258. The van der Waals surface area contributed by atoms with Crippen molar-refractivity contribution in [3.8, 4) is 0 Å². The molecule has 2 aliphatic carbocycles. The molecule has 3 unspecified atom stereocenters. The van der Waals surface area contributed by atoms with Crippen LogP contribution in [0.1, 0.15) is 58.3 Å². The third-order valence-corrected chi connectivity index (χ3v) is 4.74. The van der Waals surface area contributed by atoms with Crippen LogP contribution in [0.15, 0.2) is 0 Å². The molecule has 2 saturated carbocycles. The van der Waals surface area contributed by atoms with E-state index in [0.29, 0.717) is 24.8 Å². The predicted molar refractivity (Wildman–Crippen MR) is 66.4 cm³/mol. The summed E-state index contributed by atoms with van der Waals surface area (Å²) in [4.78, 5) is 0. The van der Waals surface area contributed by atoms with Crippen molar-refractivity contribution in [1.82, 2.24) is 5.32 Å². The fourth-order valence-electron chi connectivity index (χ4n) is 3.60. The maximum atomic E-state index is 12.7. The molecule has 3 atom stereocenters. The van der Waals surface area contributed by atoms with Crippen LogP contribution in [0.3, 0.4) is 0 Å². The second kappa shape index (κ2) is 5.81. The van der Waals surface area contributed by atoms with Crippen molar-refractivity contribution in [3.05, 3.63) is 0 Å². The first-order chi connectivity index (χ1) is 8.47. The second-order valence-electron chi connectivity index (χ2n) is 6.10. The smallest absolute Gasteiger partial charge is 0.311 e. The fourth-order valence-corrected chi connectivity index (χ4v) is 3.60. The molecule has 2 aliphatic rings. The minimum absolute atomic E-state index is 0.0703. The third kappa shape index (κ3) is 3.62. The van der Waals surface area contributed by atoms with Crippen molar-refractivity contribution in [1.29, 1.82) is 0 Å².